The number of carbonyl (C=O) groups is 1. The molecular formula is C20H41NO4. The van der Waals surface area contributed by atoms with Crippen LogP contribution in [0.25, 0.3) is 0 Å². The molecule has 0 aromatic rings. The molecule has 0 radical (unpaired) electrons. The summed E-state index contributed by atoms with van der Waals surface area (Å²) in [6.45, 7) is 5.16. The van der Waals surface area contributed by atoms with Gasteiger partial charge in [0, 0.05) is 19.6 Å². The normalized spacial score (nSPS) is 12.6. The zero-order valence-corrected chi connectivity index (χ0v) is 16.8. The van der Waals surface area contributed by atoms with Gasteiger partial charge in [-0.05, 0) is 33.4 Å². The molecule has 0 bridgehead atoms. The largest absolute Gasteiger partial charge is 0.481 e. The molecule has 150 valence electrons. The summed E-state index contributed by atoms with van der Waals surface area (Å²) in [6, 6.07) is 0.281. The number of rotatable bonds is 19. The highest BCUT2D eigenvalue weighted by atomic mass is 16.5. The van der Waals surface area contributed by atoms with Crippen molar-refractivity contribution in [2.45, 2.75) is 83.6 Å². The number of ether oxygens (including phenoxy) is 2. The zero-order chi connectivity index (χ0) is 18.8. The second kappa shape index (κ2) is 18.2. The van der Waals surface area contributed by atoms with E-state index >= 15 is 0 Å². The van der Waals surface area contributed by atoms with Crippen molar-refractivity contribution < 1.29 is 19.4 Å². The maximum Gasteiger partial charge on any atom is 0.303 e. The smallest absolute Gasteiger partial charge is 0.303 e. The molecule has 1 unspecified atom stereocenters. The van der Waals surface area contributed by atoms with Crippen LogP contribution in [0.3, 0.4) is 0 Å². The Morgan fingerprint density at radius 2 is 1.32 bits per heavy atom. The minimum atomic E-state index is -0.716. The first kappa shape index (κ1) is 24.4. The lowest BCUT2D eigenvalue weighted by Gasteiger charge is -2.24. The first-order valence-corrected chi connectivity index (χ1v) is 10.1. The van der Waals surface area contributed by atoms with Crippen molar-refractivity contribution in [3.05, 3.63) is 0 Å². The molecule has 1 atom stereocenters. The summed E-state index contributed by atoms with van der Waals surface area (Å²) in [4.78, 5) is 12.6. The van der Waals surface area contributed by atoms with E-state index in [4.69, 9.17) is 14.6 Å². The van der Waals surface area contributed by atoms with E-state index in [0.717, 1.165) is 32.3 Å². The Balaban J connectivity index is 3.50. The lowest BCUT2D eigenvalue weighted by Crippen LogP contribution is -2.37. The summed E-state index contributed by atoms with van der Waals surface area (Å²) in [7, 11) is 4.11. The highest BCUT2D eigenvalue weighted by molar-refractivity contribution is 5.66. The van der Waals surface area contributed by atoms with Gasteiger partial charge >= 0.3 is 5.97 Å². The van der Waals surface area contributed by atoms with E-state index in [-0.39, 0.29) is 12.5 Å². The van der Waals surface area contributed by atoms with Gasteiger partial charge in [-0.2, -0.15) is 0 Å². The quantitative estimate of drug-likeness (QED) is 0.348. The number of aliphatic carboxylic acids is 1. The predicted octanol–water partition coefficient (Wildman–Crippen LogP) is 4.35. The number of hydrogen-bond donors (Lipinski definition) is 1. The lowest BCUT2D eigenvalue weighted by atomic mass is 10.1. The van der Waals surface area contributed by atoms with Crippen molar-refractivity contribution in [1.29, 1.82) is 0 Å². The molecule has 1 N–H and O–H groups in total. The molecule has 0 saturated heterocycles. The van der Waals surface area contributed by atoms with Gasteiger partial charge in [0.05, 0.1) is 19.3 Å². The first-order valence-electron chi connectivity index (χ1n) is 10.1. The Kier molecular flexibility index (Phi) is 17.7. The minimum Gasteiger partial charge on any atom is -0.481 e. The Hall–Kier alpha value is -0.650. The van der Waals surface area contributed by atoms with E-state index in [2.05, 4.69) is 25.9 Å². The zero-order valence-electron chi connectivity index (χ0n) is 16.8. The number of hydrogen-bond acceptors (Lipinski definition) is 4. The summed E-state index contributed by atoms with van der Waals surface area (Å²) in [5.74, 6) is -0.716. The predicted molar refractivity (Wildman–Crippen MR) is 103 cm³/mol. The van der Waals surface area contributed by atoms with Crippen LogP contribution < -0.4 is 0 Å². The third-order valence-corrected chi connectivity index (χ3v) is 4.42. The second-order valence-corrected chi connectivity index (χ2v) is 7.09. The number of nitrogens with zero attached hydrogens (tertiary/aromatic N) is 1. The van der Waals surface area contributed by atoms with Crippen LogP contribution in [0.2, 0.25) is 0 Å². The summed E-state index contributed by atoms with van der Waals surface area (Å²) < 4.78 is 11.5. The molecule has 0 rings (SSSR count). The summed E-state index contributed by atoms with van der Waals surface area (Å²) in [5.41, 5.74) is 0. The van der Waals surface area contributed by atoms with E-state index < -0.39 is 5.97 Å². The highest BCUT2D eigenvalue weighted by Gasteiger charge is 2.11. The minimum absolute atomic E-state index is 0.257. The molecule has 5 heteroatoms. The molecule has 0 aromatic heterocycles. The molecule has 0 saturated carbocycles. The third kappa shape index (κ3) is 18.0. The third-order valence-electron chi connectivity index (χ3n) is 4.42. The maximum atomic E-state index is 10.4. The van der Waals surface area contributed by atoms with Crippen LogP contribution in [0, 0.1) is 0 Å². The van der Waals surface area contributed by atoms with Gasteiger partial charge in [0.2, 0.25) is 0 Å². The standard InChI is InChI=1S/C20H41NO4/c1-4-5-6-7-8-9-12-15-24-17-19(21(2)3)18-25-16-13-10-11-14-20(22)23/h19H,4-18H2,1-3H3,(H,22,23). The lowest BCUT2D eigenvalue weighted by molar-refractivity contribution is -0.137. The van der Waals surface area contributed by atoms with Gasteiger partial charge in [-0.15, -0.1) is 0 Å². The van der Waals surface area contributed by atoms with Crippen LogP contribution in [0.15, 0.2) is 0 Å². The second-order valence-electron chi connectivity index (χ2n) is 7.09. The van der Waals surface area contributed by atoms with E-state index in [9.17, 15) is 4.79 Å². The van der Waals surface area contributed by atoms with Crippen molar-refractivity contribution in [1.82, 2.24) is 4.90 Å². The molecule has 0 amide bonds. The van der Waals surface area contributed by atoms with Gasteiger partial charge in [-0.25, -0.2) is 0 Å². The van der Waals surface area contributed by atoms with Crippen LogP contribution in [-0.2, 0) is 14.3 Å². The van der Waals surface area contributed by atoms with E-state index in [1.165, 1.54) is 38.5 Å². The highest BCUT2D eigenvalue weighted by Crippen LogP contribution is 2.07. The Bertz CT molecular complexity index is 297. The molecule has 0 aliphatic heterocycles. The molecular weight excluding hydrogens is 318 g/mol. The van der Waals surface area contributed by atoms with Crippen LogP contribution in [0.1, 0.15) is 77.6 Å². The number of carboxylic acid groups (broad SMARTS) is 1. The van der Waals surface area contributed by atoms with Gasteiger partial charge in [0.1, 0.15) is 0 Å². The van der Waals surface area contributed by atoms with Gasteiger partial charge in [0.15, 0.2) is 0 Å². The molecule has 0 heterocycles. The first-order chi connectivity index (χ1) is 12.1. The van der Waals surface area contributed by atoms with Crippen molar-refractivity contribution in [3.8, 4) is 0 Å². The Labute approximate surface area is 155 Å². The molecule has 5 nitrogen and oxygen atoms in total. The van der Waals surface area contributed by atoms with Gasteiger partial charge in [-0.1, -0.05) is 51.9 Å². The van der Waals surface area contributed by atoms with Crippen molar-refractivity contribution in [2.75, 3.05) is 40.5 Å². The average molecular weight is 360 g/mol. The topological polar surface area (TPSA) is 59.0 Å². The summed E-state index contributed by atoms with van der Waals surface area (Å²) in [5, 5.41) is 8.58. The van der Waals surface area contributed by atoms with Gasteiger partial charge in [0.25, 0.3) is 0 Å². The SMILES string of the molecule is CCCCCCCCCOCC(COCCCCCC(=O)O)N(C)C. The van der Waals surface area contributed by atoms with Crippen LogP contribution in [0.4, 0.5) is 0 Å². The van der Waals surface area contributed by atoms with E-state index in [0.29, 0.717) is 19.8 Å². The number of likely N-dealkylation sites (N-methyl/N-ethyl adjacent to an activating group) is 1. The van der Waals surface area contributed by atoms with E-state index in [1.54, 1.807) is 0 Å². The van der Waals surface area contributed by atoms with Crippen molar-refractivity contribution in [3.63, 3.8) is 0 Å². The summed E-state index contributed by atoms with van der Waals surface area (Å²) in [6.07, 6.45) is 12.0. The molecule has 0 aromatic carbocycles. The number of unbranched alkanes of at least 4 members (excludes halogenated alkanes) is 8. The fourth-order valence-electron chi connectivity index (χ4n) is 2.60. The molecule has 0 aliphatic carbocycles. The van der Waals surface area contributed by atoms with Gasteiger partial charge < -0.3 is 19.5 Å². The van der Waals surface area contributed by atoms with Gasteiger partial charge in [-0.3, -0.25) is 4.79 Å². The molecule has 0 fully saturated rings. The van der Waals surface area contributed by atoms with Crippen molar-refractivity contribution in [2.24, 2.45) is 0 Å². The Morgan fingerprint density at radius 1 is 0.840 bits per heavy atom. The van der Waals surface area contributed by atoms with Crippen LogP contribution in [0.5, 0.6) is 0 Å². The monoisotopic (exact) mass is 359 g/mol. The Morgan fingerprint density at radius 3 is 1.80 bits per heavy atom. The average Bonchev–Trinajstić information content (AvgIpc) is 2.57. The molecule has 0 spiro atoms. The number of carboxylic acids is 1. The van der Waals surface area contributed by atoms with Crippen LogP contribution in [-0.4, -0.2) is 62.5 Å². The fraction of sp³-hybridized carbons (Fsp3) is 0.950. The molecule has 25 heavy (non-hydrogen) atoms. The van der Waals surface area contributed by atoms with Crippen molar-refractivity contribution >= 4 is 5.97 Å². The van der Waals surface area contributed by atoms with E-state index in [1.807, 2.05) is 0 Å². The van der Waals surface area contributed by atoms with Crippen LogP contribution >= 0.6 is 0 Å². The molecule has 0 aliphatic rings. The maximum absolute atomic E-state index is 10.4. The fourth-order valence-corrected chi connectivity index (χ4v) is 2.60. The summed E-state index contributed by atoms with van der Waals surface area (Å²) >= 11 is 0.